The predicted octanol–water partition coefficient (Wildman–Crippen LogP) is 3.66. The van der Waals surface area contributed by atoms with Crippen LogP contribution in [-0.4, -0.2) is 41.7 Å². The highest BCUT2D eigenvalue weighted by atomic mass is 35.5. The largest absolute Gasteiger partial charge is 0.470 e. The van der Waals surface area contributed by atoms with Gasteiger partial charge in [-0.2, -0.15) is 10.2 Å². The van der Waals surface area contributed by atoms with Gasteiger partial charge in [0.1, 0.15) is 17.3 Å². The molecule has 4 rings (SSSR count). The second-order valence-electron chi connectivity index (χ2n) is 6.11. The first-order chi connectivity index (χ1) is 13.6. The molecule has 0 amide bonds. The van der Waals surface area contributed by atoms with E-state index in [4.69, 9.17) is 33.0 Å². The van der Waals surface area contributed by atoms with Crippen LogP contribution in [0, 0.1) is 0 Å². The zero-order valence-electron chi connectivity index (χ0n) is 14.8. The number of aliphatic hydroxyl groups excluding tert-OH is 1. The number of rotatable bonds is 6. The van der Waals surface area contributed by atoms with Crippen LogP contribution in [0.15, 0.2) is 36.9 Å². The van der Waals surface area contributed by atoms with Crippen molar-refractivity contribution in [2.75, 3.05) is 6.61 Å². The molecule has 8 nitrogen and oxygen atoms in total. The van der Waals surface area contributed by atoms with E-state index in [9.17, 15) is 0 Å². The normalized spacial score (nSPS) is 12.4. The average molecular weight is 419 g/mol. The van der Waals surface area contributed by atoms with E-state index in [0.717, 1.165) is 11.1 Å². The van der Waals surface area contributed by atoms with Crippen LogP contribution in [0.4, 0.5) is 0 Å². The van der Waals surface area contributed by atoms with E-state index in [1.54, 1.807) is 23.1 Å². The van der Waals surface area contributed by atoms with Gasteiger partial charge in [0.15, 0.2) is 0 Å². The molecule has 0 fully saturated rings. The third-order valence-electron chi connectivity index (χ3n) is 4.21. The summed E-state index contributed by atoms with van der Waals surface area (Å²) in [5.74, 6) is 0.411. The van der Waals surface area contributed by atoms with Crippen LogP contribution in [-0.2, 0) is 6.54 Å². The highest BCUT2D eigenvalue weighted by molar-refractivity contribution is 6.35. The van der Waals surface area contributed by atoms with Gasteiger partial charge in [-0.1, -0.05) is 23.2 Å². The predicted molar refractivity (Wildman–Crippen MR) is 105 cm³/mol. The summed E-state index contributed by atoms with van der Waals surface area (Å²) >= 11 is 12.4. The van der Waals surface area contributed by atoms with Gasteiger partial charge in [0.25, 0.3) is 0 Å². The van der Waals surface area contributed by atoms with Crippen LogP contribution in [0.3, 0.4) is 0 Å². The molecule has 0 unspecified atom stereocenters. The summed E-state index contributed by atoms with van der Waals surface area (Å²) in [6.07, 6.45) is 6.12. The molecule has 0 aliphatic rings. The van der Waals surface area contributed by atoms with Crippen molar-refractivity contribution >= 4 is 34.2 Å². The van der Waals surface area contributed by atoms with Crippen LogP contribution in [0.1, 0.15) is 18.6 Å². The number of pyridine rings is 2. The van der Waals surface area contributed by atoms with E-state index >= 15 is 0 Å². The molecule has 144 valence electrons. The molecule has 4 heterocycles. The molecule has 2 N–H and O–H groups in total. The molecule has 0 spiro atoms. The van der Waals surface area contributed by atoms with Gasteiger partial charge in [-0.05, 0) is 13.0 Å². The Morgan fingerprint density at radius 3 is 2.75 bits per heavy atom. The lowest BCUT2D eigenvalue weighted by molar-refractivity contribution is 0.218. The molecule has 0 bridgehead atoms. The maximum absolute atomic E-state index is 9.05. The van der Waals surface area contributed by atoms with Gasteiger partial charge in [-0.3, -0.25) is 14.8 Å². The fraction of sp³-hybridized carbons (Fsp3) is 0.222. The number of fused-ring (bicyclic) bond motifs is 1. The van der Waals surface area contributed by atoms with Crippen molar-refractivity contribution in [1.82, 2.24) is 29.9 Å². The van der Waals surface area contributed by atoms with E-state index in [1.807, 2.05) is 13.0 Å². The molecule has 1 atom stereocenters. The van der Waals surface area contributed by atoms with Crippen molar-refractivity contribution in [3.05, 3.63) is 52.5 Å². The third-order valence-corrected chi connectivity index (χ3v) is 4.81. The quantitative estimate of drug-likeness (QED) is 0.495. The average Bonchev–Trinajstić information content (AvgIpc) is 3.28. The second-order valence-corrected chi connectivity index (χ2v) is 6.92. The summed E-state index contributed by atoms with van der Waals surface area (Å²) < 4.78 is 7.62. The Morgan fingerprint density at radius 2 is 2.00 bits per heavy atom. The van der Waals surface area contributed by atoms with E-state index in [0.29, 0.717) is 39.2 Å². The van der Waals surface area contributed by atoms with Gasteiger partial charge in [-0.25, -0.2) is 4.98 Å². The van der Waals surface area contributed by atoms with Crippen molar-refractivity contribution < 1.29 is 9.84 Å². The fourth-order valence-electron chi connectivity index (χ4n) is 2.91. The molecule has 0 aliphatic carbocycles. The van der Waals surface area contributed by atoms with Gasteiger partial charge in [0.05, 0.1) is 34.9 Å². The van der Waals surface area contributed by atoms with Gasteiger partial charge in [0.2, 0.25) is 5.88 Å². The van der Waals surface area contributed by atoms with Gasteiger partial charge in [-0.15, -0.1) is 0 Å². The molecular weight excluding hydrogens is 403 g/mol. The smallest absolute Gasteiger partial charge is 0.214 e. The molecule has 10 heteroatoms. The van der Waals surface area contributed by atoms with Crippen LogP contribution in [0.5, 0.6) is 5.88 Å². The molecular formula is C18H16Cl2N6O2. The molecule has 4 aromatic rings. The Labute approximate surface area is 170 Å². The zero-order valence-corrected chi connectivity index (χ0v) is 16.3. The van der Waals surface area contributed by atoms with E-state index in [1.165, 1.54) is 12.4 Å². The Balaban J connectivity index is 1.65. The molecule has 0 aromatic carbocycles. The standard InChI is InChI=1S/C18H16Cl2N6O2/c1-10(16-12(19)7-21-8-13(16)20)28-15-3-2-14-18(23-15)17(25-24-14)11-6-22-26(9-11)4-5-27/h2-3,6-10,27H,4-5H2,1H3,(H,24,25)/t10-/m1/s1. The number of nitrogens with zero attached hydrogens (tertiary/aromatic N) is 5. The topological polar surface area (TPSA) is 102 Å². The zero-order chi connectivity index (χ0) is 19.7. The first kappa shape index (κ1) is 18.7. The first-order valence-electron chi connectivity index (χ1n) is 8.51. The van der Waals surface area contributed by atoms with Crippen molar-refractivity contribution in [2.24, 2.45) is 0 Å². The molecule has 0 saturated heterocycles. The van der Waals surface area contributed by atoms with Crippen LogP contribution < -0.4 is 4.74 Å². The minimum atomic E-state index is -0.421. The number of hydrogen-bond acceptors (Lipinski definition) is 6. The highest BCUT2D eigenvalue weighted by Gasteiger charge is 2.18. The highest BCUT2D eigenvalue weighted by Crippen LogP contribution is 2.33. The van der Waals surface area contributed by atoms with Crippen molar-refractivity contribution in [1.29, 1.82) is 0 Å². The summed E-state index contributed by atoms with van der Waals surface area (Å²) in [6.45, 7) is 2.26. The van der Waals surface area contributed by atoms with E-state index in [-0.39, 0.29) is 6.61 Å². The van der Waals surface area contributed by atoms with Crippen molar-refractivity contribution in [3.8, 4) is 17.1 Å². The Kier molecular flexibility index (Phi) is 5.17. The number of aromatic amines is 1. The summed E-state index contributed by atoms with van der Waals surface area (Å²) in [4.78, 5) is 8.54. The summed E-state index contributed by atoms with van der Waals surface area (Å²) in [5, 5.41) is 21.4. The molecule has 4 aromatic heterocycles. The number of halogens is 2. The number of H-pyrrole nitrogens is 1. The van der Waals surface area contributed by atoms with E-state index < -0.39 is 6.10 Å². The SMILES string of the molecule is C[C@@H](Oc1ccc2[nH]nc(-c3cnn(CCO)c3)c2n1)c1c(Cl)cncc1Cl. The Bertz CT molecular complexity index is 1110. The lowest BCUT2D eigenvalue weighted by Gasteiger charge is -2.16. The molecule has 0 aliphatic heterocycles. The second kappa shape index (κ2) is 7.75. The van der Waals surface area contributed by atoms with Crippen LogP contribution in [0.25, 0.3) is 22.3 Å². The summed E-state index contributed by atoms with van der Waals surface area (Å²) in [6, 6.07) is 3.59. The maximum Gasteiger partial charge on any atom is 0.214 e. The summed E-state index contributed by atoms with van der Waals surface area (Å²) in [7, 11) is 0. The lowest BCUT2D eigenvalue weighted by atomic mass is 10.2. The fourth-order valence-corrected chi connectivity index (χ4v) is 3.58. The van der Waals surface area contributed by atoms with Crippen molar-refractivity contribution in [3.63, 3.8) is 0 Å². The van der Waals surface area contributed by atoms with Crippen molar-refractivity contribution in [2.45, 2.75) is 19.6 Å². The maximum atomic E-state index is 9.05. The van der Waals surface area contributed by atoms with Gasteiger partial charge >= 0.3 is 0 Å². The minimum Gasteiger partial charge on any atom is -0.470 e. The van der Waals surface area contributed by atoms with E-state index in [2.05, 4.69) is 25.3 Å². The number of ether oxygens (including phenoxy) is 1. The Hall–Kier alpha value is -2.68. The minimum absolute atomic E-state index is 0.0106. The molecule has 0 saturated carbocycles. The first-order valence-corrected chi connectivity index (χ1v) is 9.26. The van der Waals surface area contributed by atoms with Gasteiger partial charge < -0.3 is 9.84 Å². The van der Waals surface area contributed by atoms with Crippen LogP contribution in [0.2, 0.25) is 10.0 Å². The number of nitrogens with one attached hydrogen (secondary N) is 1. The number of aliphatic hydroxyl groups is 1. The Morgan fingerprint density at radius 1 is 1.21 bits per heavy atom. The molecule has 28 heavy (non-hydrogen) atoms. The molecule has 0 radical (unpaired) electrons. The van der Waals surface area contributed by atoms with Crippen LogP contribution >= 0.6 is 23.2 Å². The van der Waals surface area contributed by atoms with Gasteiger partial charge in [0, 0.05) is 35.8 Å². The monoisotopic (exact) mass is 418 g/mol. The third kappa shape index (κ3) is 3.54. The number of aromatic nitrogens is 6. The number of hydrogen-bond donors (Lipinski definition) is 2. The lowest BCUT2D eigenvalue weighted by Crippen LogP contribution is -2.06. The summed E-state index contributed by atoms with van der Waals surface area (Å²) in [5.41, 5.74) is 3.51.